The fourth-order valence-corrected chi connectivity index (χ4v) is 5.17. The van der Waals surface area contributed by atoms with Gasteiger partial charge in [0.25, 0.3) is 0 Å². The highest BCUT2D eigenvalue weighted by molar-refractivity contribution is 5.75. The number of carbonyl (C=O) groups is 1. The fourth-order valence-electron chi connectivity index (χ4n) is 5.17. The molecule has 2 saturated carbocycles. The van der Waals surface area contributed by atoms with Crippen LogP contribution in [0.5, 0.6) is 0 Å². The van der Waals surface area contributed by atoms with Crippen LogP contribution in [0.1, 0.15) is 39.5 Å². The van der Waals surface area contributed by atoms with E-state index in [1.165, 1.54) is 6.42 Å². The van der Waals surface area contributed by atoms with Gasteiger partial charge in [-0.25, -0.2) is 0 Å². The molecule has 100 valence electrons. The Balaban J connectivity index is 2.04. The van der Waals surface area contributed by atoms with Crippen LogP contribution >= 0.6 is 0 Å². The lowest BCUT2D eigenvalue weighted by molar-refractivity contribution is -0.148. The molecule has 0 amide bonds. The highest BCUT2D eigenvalue weighted by atomic mass is 16.4. The van der Waals surface area contributed by atoms with Gasteiger partial charge in [-0.1, -0.05) is 13.0 Å². The smallest absolute Gasteiger partial charge is 0.309 e. The molecule has 2 N–H and O–H groups in total. The van der Waals surface area contributed by atoms with E-state index >= 15 is 0 Å². The molecule has 0 radical (unpaired) electrons. The van der Waals surface area contributed by atoms with E-state index in [9.17, 15) is 15.0 Å². The molecule has 0 saturated heterocycles. The van der Waals surface area contributed by atoms with Crippen molar-refractivity contribution in [2.45, 2.75) is 39.5 Å². The fraction of sp³-hybridized carbons (Fsp3) is 0.800. The first kappa shape index (κ1) is 12.2. The summed E-state index contributed by atoms with van der Waals surface area (Å²) < 4.78 is 0. The molecule has 3 heteroatoms. The van der Waals surface area contributed by atoms with Crippen LogP contribution in [0.3, 0.4) is 0 Å². The summed E-state index contributed by atoms with van der Waals surface area (Å²) in [6, 6.07) is 0. The quantitative estimate of drug-likeness (QED) is 0.740. The predicted molar refractivity (Wildman–Crippen MR) is 68.0 cm³/mol. The maximum absolute atomic E-state index is 11.6. The van der Waals surface area contributed by atoms with E-state index in [1.807, 2.05) is 6.92 Å². The molecule has 3 aliphatic rings. The Morgan fingerprint density at radius 1 is 1.50 bits per heavy atom. The van der Waals surface area contributed by atoms with Crippen molar-refractivity contribution in [3.05, 3.63) is 11.6 Å². The van der Waals surface area contributed by atoms with Gasteiger partial charge >= 0.3 is 5.97 Å². The third-order valence-electron chi connectivity index (χ3n) is 6.08. The molecule has 3 aliphatic carbocycles. The summed E-state index contributed by atoms with van der Waals surface area (Å²) in [6.07, 6.45) is 6.11. The molecular weight excluding hydrogens is 228 g/mol. The van der Waals surface area contributed by atoms with Gasteiger partial charge < -0.3 is 10.2 Å². The van der Waals surface area contributed by atoms with E-state index in [0.717, 1.165) is 18.4 Å². The van der Waals surface area contributed by atoms with Gasteiger partial charge in [0.15, 0.2) is 0 Å². The summed E-state index contributed by atoms with van der Waals surface area (Å²) >= 11 is 0. The first-order valence-electron chi connectivity index (χ1n) is 6.99. The number of hydrogen-bond donors (Lipinski definition) is 2. The van der Waals surface area contributed by atoms with Crippen LogP contribution in [0.25, 0.3) is 0 Å². The summed E-state index contributed by atoms with van der Waals surface area (Å²) in [7, 11) is 0. The Labute approximate surface area is 108 Å². The molecule has 2 fully saturated rings. The Morgan fingerprint density at radius 2 is 2.22 bits per heavy atom. The first-order valence-corrected chi connectivity index (χ1v) is 6.99. The highest BCUT2D eigenvalue weighted by Gasteiger charge is 2.65. The van der Waals surface area contributed by atoms with Gasteiger partial charge in [-0.3, -0.25) is 4.79 Å². The zero-order valence-electron chi connectivity index (χ0n) is 11.1. The topological polar surface area (TPSA) is 57.5 Å². The summed E-state index contributed by atoms with van der Waals surface area (Å²) in [5, 5.41) is 19.1. The summed E-state index contributed by atoms with van der Waals surface area (Å²) in [4.78, 5) is 11.6. The molecule has 0 heterocycles. The van der Waals surface area contributed by atoms with Crippen molar-refractivity contribution in [1.29, 1.82) is 0 Å². The Kier molecular flexibility index (Phi) is 2.44. The van der Waals surface area contributed by atoms with Gasteiger partial charge in [-0.05, 0) is 61.3 Å². The lowest BCUT2D eigenvalue weighted by atomic mass is 9.67. The number of rotatable bonds is 2. The van der Waals surface area contributed by atoms with Crippen LogP contribution in [0, 0.1) is 28.6 Å². The van der Waals surface area contributed by atoms with Gasteiger partial charge in [-0.2, -0.15) is 0 Å². The Morgan fingerprint density at radius 3 is 2.83 bits per heavy atom. The molecule has 3 nitrogen and oxygen atoms in total. The molecule has 0 aromatic rings. The molecule has 1 spiro atoms. The minimum atomic E-state index is -0.665. The molecule has 0 aromatic carbocycles. The molecular formula is C15H22O3. The second-order valence-electron chi connectivity index (χ2n) is 6.90. The van der Waals surface area contributed by atoms with E-state index < -0.39 is 11.4 Å². The van der Waals surface area contributed by atoms with Crippen molar-refractivity contribution in [3.8, 4) is 0 Å². The standard InChI is InChI=1S/C15H22O3/c1-9-3-4-11-5-10(7-16)12-6-14(2,13(17)18)8-15(9,11)12/h5,9,11-12,16H,3-4,6-8H2,1-2H3,(H,17,18)/t9-,11-,12-,14+,15-/m1/s1. The van der Waals surface area contributed by atoms with Crippen LogP contribution < -0.4 is 0 Å². The third-order valence-corrected chi connectivity index (χ3v) is 6.08. The van der Waals surface area contributed by atoms with Crippen molar-refractivity contribution >= 4 is 5.97 Å². The van der Waals surface area contributed by atoms with E-state index in [0.29, 0.717) is 24.2 Å². The SMILES string of the molecule is C[C@@H]1CC[C@@H]2C=C(CO)[C@H]3C[C@](C)(C(=O)O)C[C@]132. The molecule has 0 unspecified atom stereocenters. The van der Waals surface area contributed by atoms with Crippen molar-refractivity contribution in [3.63, 3.8) is 0 Å². The van der Waals surface area contributed by atoms with Gasteiger partial charge in [0.05, 0.1) is 12.0 Å². The normalized spacial score (nSPS) is 49.9. The summed E-state index contributed by atoms with van der Waals surface area (Å²) in [6.45, 7) is 4.26. The molecule has 0 aromatic heterocycles. The minimum absolute atomic E-state index is 0.103. The van der Waals surface area contributed by atoms with Crippen LogP contribution in [-0.4, -0.2) is 22.8 Å². The maximum atomic E-state index is 11.6. The minimum Gasteiger partial charge on any atom is -0.481 e. The molecule has 3 rings (SSSR count). The van der Waals surface area contributed by atoms with Gasteiger partial charge in [0.2, 0.25) is 0 Å². The van der Waals surface area contributed by atoms with Crippen molar-refractivity contribution < 1.29 is 15.0 Å². The number of aliphatic hydroxyl groups is 1. The first-order chi connectivity index (χ1) is 8.44. The van der Waals surface area contributed by atoms with Crippen LogP contribution in [0.4, 0.5) is 0 Å². The number of hydrogen-bond acceptors (Lipinski definition) is 2. The van der Waals surface area contributed by atoms with E-state index in [-0.39, 0.29) is 12.0 Å². The van der Waals surface area contributed by atoms with Crippen molar-refractivity contribution in [2.24, 2.45) is 28.6 Å². The summed E-state index contributed by atoms with van der Waals surface area (Å²) in [5.74, 6) is 0.710. The van der Waals surface area contributed by atoms with Crippen LogP contribution in [0.15, 0.2) is 11.6 Å². The molecule has 0 aliphatic heterocycles. The summed E-state index contributed by atoms with van der Waals surface area (Å²) in [5.41, 5.74) is 0.637. The van der Waals surface area contributed by atoms with Crippen molar-refractivity contribution in [1.82, 2.24) is 0 Å². The number of aliphatic carboxylic acids is 1. The van der Waals surface area contributed by atoms with E-state index in [4.69, 9.17) is 0 Å². The van der Waals surface area contributed by atoms with Gasteiger partial charge in [0.1, 0.15) is 0 Å². The lowest BCUT2D eigenvalue weighted by Gasteiger charge is -2.36. The molecule has 18 heavy (non-hydrogen) atoms. The second-order valence-corrected chi connectivity index (χ2v) is 6.90. The average molecular weight is 250 g/mol. The van der Waals surface area contributed by atoms with Crippen LogP contribution in [0.2, 0.25) is 0 Å². The largest absolute Gasteiger partial charge is 0.481 e. The number of aliphatic hydroxyl groups excluding tert-OH is 1. The molecule has 0 bridgehead atoms. The highest BCUT2D eigenvalue weighted by Crippen LogP contribution is 2.70. The third kappa shape index (κ3) is 1.26. The zero-order chi connectivity index (χ0) is 13.1. The average Bonchev–Trinajstić information content (AvgIpc) is 2.87. The van der Waals surface area contributed by atoms with Crippen LogP contribution in [-0.2, 0) is 4.79 Å². The zero-order valence-corrected chi connectivity index (χ0v) is 11.1. The number of carboxylic acids is 1. The number of carboxylic acid groups (broad SMARTS) is 1. The maximum Gasteiger partial charge on any atom is 0.309 e. The van der Waals surface area contributed by atoms with Gasteiger partial charge in [0, 0.05) is 0 Å². The van der Waals surface area contributed by atoms with E-state index in [2.05, 4.69) is 13.0 Å². The number of allylic oxidation sites excluding steroid dienone is 1. The Bertz CT molecular complexity index is 427. The predicted octanol–water partition coefficient (Wildman–Crippen LogP) is 2.45. The molecule has 5 atom stereocenters. The van der Waals surface area contributed by atoms with E-state index in [1.54, 1.807) is 0 Å². The second kappa shape index (κ2) is 3.60. The van der Waals surface area contributed by atoms with Gasteiger partial charge in [-0.15, -0.1) is 0 Å². The lowest BCUT2D eigenvalue weighted by Crippen LogP contribution is -2.33. The monoisotopic (exact) mass is 250 g/mol. The van der Waals surface area contributed by atoms with Crippen molar-refractivity contribution in [2.75, 3.05) is 6.61 Å². The Hall–Kier alpha value is -0.830.